The Hall–Kier alpha value is -3.42. The molecule has 0 spiro atoms. The second-order valence-electron chi connectivity index (χ2n) is 6.66. The van der Waals surface area contributed by atoms with Crippen molar-refractivity contribution < 1.29 is 18.0 Å². The number of alkyl halides is 3. The Labute approximate surface area is 164 Å². The summed E-state index contributed by atoms with van der Waals surface area (Å²) in [6.07, 6.45) is -3.23. The van der Waals surface area contributed by atoms with Crippen molar-refractivity contribution in [1.82, 2.24) is 9.55 Å². The maximum absolute atomic E-state index is 12.7. The lowest BCUT2D eigenvalue weighted by atomic mass is 10.1. The van der Waals surface area contributed by atoms with E-state index in [1.165, 1.54) is 24.5 Å². The van der Waals surface area contributed by atoms with Gasteiger partial charge in [0.25, 0.3) is 5.56 Å². The third-order valence-corrected chi connectivity index (χ3v) is 4.49. The highest BCUT2D eigenvalue weighted by Crippen LogP contribution is 2.30. The average molecular weight is 401 g/mol. The number of carbonyl (C=O) groups is 1. The molecule has 150 valence electrons. The Kier molecular flexibility index (Phi) is 5.54. The summed E-state index contributed by atoms with van der Waals surface area (Å²) >= 11 is 0. The zero-order valence-electron chi connectivity index (χ0n) is 15.7. The van der Waals surface area contributed by atoms with Gasteiger partial charge in [-0.1, -0.05) is 18.2 Å². The van der Waals surface area contributed by atoms with Crippen molar-refractivity contribution in [1.29, 1.82) is 0 Å². The van der Waals surface area contributed by atoms with Crippen molar-refractivity contribution in [3.63, 3.8) is 0 Å². The number of rotatable bonds is 4. The van der Waals surface area contributed by atoms with Gasteiger partial charge in [-0.05, 0) is 49.2 Å². The third kappa shape index (κ3) is 4.90. The number of benzene rings is 2. The lowest BCUT2D eigenvalue weighted by Gasteiger charge is -2.10. The van der Waals surface area contributed by atoms with Crippen LogP contribution in [0.2, 0.25) is 0 Å². The third-order valence-electron chi connectivity index (χ3n) is 4.49. The van der Waals surface area contributed by atoms with Crippen LogP contribution >= 0.6 is 0 Å². The second kappa shape index (κ2) is 7.90. The van der Waals surface area contributed by atoms with Gasteiger partial charge in [-0.3, -0.25) is 14.2 Å². The SMILES string of the molecule is Cc1ccc(NC(=O)Cn2cnc(-c3ccc(C(F)(F)F)cc3)cc2=O)cc1C. The van der Waals surface area contributed by atoms with Crippen LogP contribution in [0.1, 0.15) is 16.7 Å². The monoisotopic (exact) mass is 401 g/mol. The van der Waals surface area contributed by atoms with E-state index in [-0.39, 0.29) is 18.1 Å². The van der Waals surface area contributed by atoms with Crippen LogP contribution in [-0.4, -0.2) is 15.5 Å². The number of aromatic nitrogens is 2. The normalized spacial score (nSPS) is 11.3. The van der Waals surface area contributed by atoms with Gasteiger partial charge in [0, 0.05) is 17.3 Å². The van der Waals surface area contributed by atoms with Crippen LogP contribution in [0.15, 0.2) is 59.7 Å². The van der Waals surface area contributed by atoms with E-state index in [1.807, 2.05) is 26.0 Å². The molecule has 1 N–H and O–H groups in total. The Morgan fingerprint density at radius 2 is 1.72 bits per heavy atom. The molecule has 29 heavy (non-hydrogen) atoms. The molecule has 3 aromatic rings. The van der Waals surface area contributed by atoms with Crippen LogP contribution < -0.4 is 10.9 Å². The number of amides is 1. The lowest BCUT2D eigenvalue weighted by Crippen LogP contribution is -2.27. The molecule has 1 aromatic heterocycles. The molecule has 0 fully saturated rings. The van der Waals surface area contributed by atoms with Crippen LogP contribution in [0.3, 0.4) is 0 Å². The number of aryl methyl sites for hydroxylation is 2. The van der Waals surface area contributed by atoms with E-state index in [0.29, 0.717) is 11.3 Å². The van der Waals surface area contributed by atoms with E-state index >= 15 is 0 Å². The summed E-state index contributed by atoms with van der Waals surface area (Å²) in [6, 6.07) is 11.0. The summed E-state index contributed by atoms with van der Waals surface area (Å²) in [5.74, 6) is -0.389. The molecule has 3 rings (SSSR count). The quantitative estimate of drug-likeness (QED) is 0.713. The standard InChI is InChI=1S/C21H18F3N3O2/c1-13-3-8-17(9-14(13)2)26-19(28)11-27-12-25-18(10-20(27)29)15-4-6-16(7-5-15)21(22,23)24/h3-10,12H,11H2,1-2H3,(H,26,28). The van der Waals surface area contributed by atoms with Crippen LogP contribution in [0.25, 0.3) is 11.3 Å². The van der Waals surface area contributed by atoms with Crippen LogP contribution in [0, 0.1) is 13.8 Å². The fourth-order valence-corrected chi connectivity index (χ4v) is 2.71. The first kappa shape index (κ1) is 20.3. The zero-order valence-corrected chi connectivity index (χ0v) is 15.7. The predicted molar refractivity (Wildman–Crippen MR) is 103 cm³/mol. The molecule has 1 amide bonds. The molecule has 0 aliphatic rings. The summed E-state index contributed by atoms with van der Waals surface area (Å²) in [6.45, 7) is 3.66. The van der Waals surface area contributed by atoms with E-state index < -0.39 is 17.3 Å². The van der Waals surface area contributed by atoms with E-state index in [2.05, 4.69) is 10.3 Å². The molecular weight excluding hydrogens is 383 g/mol. The highest BCUT2D eigenvalue weighted by Gasteiger charge is 2.30. The summed E-state index contributed by atoms with van der Waals surface area (Å²) in [5.41, 5.74) is 2.10. The Morgan fingerprint density at radius 3 is 2.31 bits per heavy atom. The molecule has 0 saturated carbocycles. The minimum absolute atomic E-state index is 0.230. The topological polar surface area (TPSA) is 64.0 Å². The van der Waals surface area contributed by atoms with Gasteiger partial charge in [-0.25, -0.2) is 4.98 Å². The van der Waals surface area contributed by atoms with Gasteiger partial charge < -0.3 is 5.32 Å². The highest BCUT2D eigenvalue weighted by molar-refractivity contribution is 5.90. The zero-order chi connectivity index (χ0) is 21.2. The van der Waals surface area contributed by atoms with Crippen LogP contribution in [-0.2, 0) is 17.5 Å². The first-order valence-corrected chi connectivity index (χ1v) is 8.75. The lowest BCUT2D eigenvalue weighted by molar-refractivity contribution is -0.137. The molecular formula is C21H18F3N3O2. The van der Waals surface area contributed by atoms with E-state index in [0.717, 1.165) is 27.8 Å². The Bertz CT molecular complexity index is 1100. The van der Waals surface area contributed by atoms with Crippen molar-refractivity contribution >= 4 is 11.6 Å². The molecule has 0 bridgehead atoms. The fraction of sp³-hybridized carbons (Fsp3) is 0.190. The largest absolute Gasteiger partial charge is 0.416 e. The molecule has 0 aliphatic carbocycles. The number of anilines is 1. The van der Waals surface area contributed by atoms with Crippen LogP contribution in [0.4, 0.5) is 18.9 Å². The number of nitrogens with one attached hydrogen (secondary N) is 1. The predicted octanol–water partition coefficient (Wildman–Crippen LogP) is 4.18. The van der Waals surface area contributed by atoms with Gasteiger partial charge in [0.05, 0.1) is 17.6 Å². The molecule has 8 heteroatoms. The van der Waals surface area contributed by atoms with Crippen LogP contribution in [0.5, 0.6) is 0 Å². The molecule has 0 atom stereocenters. The maximum atomic E-state index is 12.7. The number of hydrogen-bond donors (Lipinski definition) is 1. The van der Waals surface area contributed by atoms with E-state index in [4.69, 9.17) is 0 Å². The van der Waals surface area contributed by atoms with Gasteiger partial charge in [0.15, 0.2) is 0 Å². The molecule has 5 nitrogen and oxygen atoms in total. The van der Waals surface area contributed by atoms with Gasteiger partial charge in [-0.15, -0.1) is 0 Å². The average Bonchev–Trinajstić information content (AvgIpc) is 2.66. The minimum Gasteiger partial charge on any atom is -0.325 e. The van der Waals surface area contributed by atoms with E-state index in [9.17, 15) is 22.8 Å². The van der Waals surface area contributed by atoms with Crippen molar-refractivity contribution in [3.05, 3.63) is 81.9 Å². The number of nitrogens with zero attached hydrogens (tertiary/aromatic N) is 2. The molecule has 0 aliphatic heterocycles. The molecule has 0 radical (unpaired) electrons. The minimum atomic E-state index is -4.43. The van der Waals surface area contributed by atoms with Crippen molar-refractivity contribution in [2.75, 3.05) is 5.32 Å². The summed E-state index contributed by atoms with van der Waals surface area (Å²) in [7, 11) is 0. The van der Waals surface area contributed by atoms with Crippen molar-refractivity contribution in [2.45, 2.75) is 26.6 Å². The molecule has 1 heterocycles. The summed E-state index contributed by atoms with van der Waals surface area (Å²) in [5, 5.41) is 2.72. The first-order valence-electron chi connectivity index (χ1n) is 8.75. The molecule has 2 aromatic carbocycles. The maximum Gasteiger partial charge on any atom is 0.416 e. The van der Waals surface area contributed by atoms with Gasteiger partial charge in [0.1, 0.15) is 6.54 Å². The van der Waals surface area contributed by atoms with Crippen molar-refractivity contribution in [2.24, 2.45) is 0 Å². The molecule has 0 unspecified atom stereocenters. The number of hydrogen-bond acceptors (Lipinski definition) is 3. The van der Waals surface area contributed by atoms with Gasteiger partial charge >= 0.3 is 6.18 Å². The first-order chi connectivity index (χ1) is 13.6. The second-order valence-corrected chi connectivity index (χ2v) is 6.66. The fourth-order valence-electron chi connectivity index (χ4n) is 2.71. The van der Waals surface area contributed by atoms with Crippen molar-refractivity contribution in [3.8, 4) is 11.3 Å². The summed E-state index contributed by atoms with van der Waals surface area (Å²) in [4.78, 5) is 28.6. The Morgan fingerprint density at radius 1 is 1.03 bits per heavy atom. The molecule has 0 saturated heterocycles. The highest BCUT2D eigenvalue weighted by atomic mass is 19.4. The van der Waals surface area contributed by atoms with Gasteiger partial charge in [0.2, 0.25) is 5.91 Å². The number of carbonyl (C=O) groups excluding carboxylic acids is 1. The number of halogens is 3. The van der Waals surface area contributed by atoms with Gasteiger partial charge in [-0.2, -0.15) is 13.2 Å². The smallest absolute Gasteiger partial charge is 0.325 e. The summed E-state index contributed by atoms with van der Waals surface area (Å²) < 4.78 is 39.1. The Balaban J connectivity index is 1.73. The van der Waals surface area contributed by atoms with E-state index in [1.54, 1.807) is 6.07 Å².